The Balaban J connectivity index is 1.97. The first-order chi connectivity index (χ1) is 10.3. The van der Waals surface area contributed by atoms with Gasteiger partial charge < -0.3 is 15.0 Å². The number of aromatic nitrogens is 2. The number of carbonyl (C=O) groups excluding carboxylic acids is 1. The molecule has 2 aliphatic rings. The number of piperidine rings is 1. The minimum atomic E-state index is -0.335. The largest absolute Gasteiger partial charge is 0.461 e. The van der Waals surface area contributed by atoms with Crippen LogP contribution in [0.3, 0.4) is 0 Å². The second-order valence-corrected chi connectivity index (χ2v) is 5.49. The van der Waals surface area contributed by atoms with E-state index in [4.69, 9.17) is 9.72 Å². The van der Waals surface area contributed by atoms with E-state index in [1.807, 2.05) is 6.92 Å². The van der Waals surface area contributed by atoms with Crippen molar-refractivity contribution in [3.05, 3.63) is 17.0 Å². The van der Waals surface area contributed by atoms with Crippen molar-refractivity contribution in [1.29, 1.82) is 0 Å². The van der Waals surface area contributed by atoms with Crippen molar-refractivity contribution in [3.8, 4) is 0 Å². The highest BCUT2D eigenvalue weighted by Gasteiger charge is 2.25. The van der Waals surface area contributed by atoms with Crippen LogP contribution in [0.2, 0.25) is 0 Å². The maximum absolute atomic E-state index is 12.2. The standard InChI is InChI=1S/C15H22N4O2/c1-2-21-14(20)13-11-10-16-7-6-12(11)17-15(18-13)19-8-4-3-5-9-19/h16H,2-10H2,1H3. The minimum Gasteiger partial charge on any atom is -0.461 e. The fourth-order valence-electron chi connectivity index (χ4n) is 2.93. The molecule has 0 unspecified atom stereocenters. The Kier molecular flexibility index (Phi) is 4.34. The molecule has 3 heterocycles. The number of carbonyl (C=O) groups is 1. The van der Waals surface area contributed by atoms with Gasteiger partial charge in [0.05, 0.1) is 12.3 Å². The quantitative estimate of drug-likeness (QED) is 0.846. The monoisotopic (exact) mass is 290 g/mol. The fourth-order valence-corrected chi connectivity index (χ4v) is 2.93. The smallest absolute Gasteiger partial charge is 0.357 e. The highest BCUT2D eigenvalue weighted by atomic mass is 16.5. The van der Waals surface area contributed by atoms with Crippen LogP contribution in [0.5, 0.6) is 0 Å². The van der Waals surface area contributed by atoms with Crippen LogP contribution in [0.4, 0.5) is 5.95 Å². The summed E-state index contributed by atoms with van der Waals surface area (Å²) < 4.78 is 5.16. The van der Waals surface area contributed by atoms with Crippen molar-refractivity contribution >= 4 is 11.9 Å². The third kappa shape index (κ3) is 3.00. The Bertz CT molecular complexity index is 527. The summed E-state index contributed by atoms with van der Waals surface area (Å²) in [4.78, 5) is 23.6. The Hall–Kier alpha value is -1.69. The van der Waals surface area contributed by atoms with Crippen LogP contribution in [0.15, 0.2) is 0 Å². The van der Waals surface area contributed by atoms with Gasteiger partial charge in [0.2, 0.25) is 5.95 Å². The Labute approximate surface area is 124 Å². The van der Waals surface area contributed by atoms with Crippen LogP contribution in [0, 0.1) is 0 Å². The molecular weight excluding hydrogens is 268 g/mol. The van der Waals surface area contributed by atoms with E-state index in [9.17, 15) is 4.79 Å². The molecule has 1 saturated heterocycles. The number of nitrogens with one attached hydrogen (secondary N) is 1. The highest BCUT2D eigenvalue weighted by molar-refractivity contribution is 5.89. The normalized spacial score (nSPS) is 18.2. The molecule has 21 heavy (non-hydrogen) atoms. The lowest BCUT2D eigenvalue weighted by molar-refractivity contribution is 0.0517. The number of rotatable bonds is 3. The van der Waals surface area contributed by atoms with E-state index < -0.39 is 0 Å². The summed E-state index contributed by atoms with van der Waals surface area (Å²) in [7, 11) is 0. The van der Waals surface area contributed by atoms with Crippen molar-refractivity contribution in [2.24, 2.45) is 0 Å². The summed E-state index contributed by atoms with van der Waals surface area (Å²) in [5.41, 5.74) is 2.34. The molecule has 1 aromatic heterocycles. The minimum absolute atomic E-state index is 0.335. The number of fused-ring (bicyclic) bond motifs is 1. The first kappa shape index (κ1) is 14.3. The maximum atomic E-state index is 12.2. The van der Waals surface area contributed by atoms with E-state index in [0.29, 0.717) is 24.8 Å². The summed E-state index contributed by atoms with van der Waals surface area (Å²) >= 11 is 0. The predicted octanol–water partition coefficient (Wildman–Crippen LogP) is 1.29. The molecule has 0 radical (unpaired) electrons. The molecule has 0 spiro atoms. The zero-order valence-corrected chi connectivity index (χ0v) is 12.5. The summed E-state index contributed by atoms with van der Waals surface area (Å²) in [5.74, 6) is 0.358. The maximum Gasteiger partial charge on any atom is 0.357 e. The Morgan fingerprint density at radius 2 is 2.10 bits per heavy atom. The SMILES string of the molecule is CCOC(=O)c1nc(N2CCCCC2)nc2c1CNCC2. The highest BCUT2D eigenvalue weighted by Crippen LogP contribution is 2.22. The van der Waals surface area contributed by atoms with Gasteiger partial charge >= 0.3 is 5.97 Å². The van der Waals surface area contributed by atoms with Gasteiger partial charge in [0.25, 0.3) is 0 Å². The second-order valence-electron chi connectivity index (χ2n) is 5.49. The molecule has 0 aliphatic carbocycles. The number of anilines is 1. The molecule has 0 aromatic carbocycles. The lowest BCUT2D eigenvalue weighted by Gasteiger charge is -2.28. The summed E-state index contributed by atoms with van der Waals surface area (Å²) in [5, 5.41) is 3.28. The summed E-state index contributed by atoms with van der Waals surface area (Å²) in [6.07, 6.45) is 4.43. The molecule has 114 valence electrons. The average Bonchev–Trinajstić information content (AvgIpc) is 2.55. The van der Waals surface area contributed by atoms with Crippen LogP contribution in [-0.4, -0.2) is 42.2 Å². The third-order valence-electron chi connectivity index (χ3n) is 4.03. The van der Waals surface area contributed by atoms with Crippen molar-refractivity contribution in [3.63, 3.8) is 0 Å². The van der Waals surface area contributed by atoms with Crippen molar-refractivity contribution in [2.45, 2.75) is 39.2 Å². The molecule has 3 rings (SSSR count). The van der Waals surface area contributed by atoms with E-state index in [-0.39, 0.29) is 5.97 Å². The van der Waals surface area contributed by atoms with Crippen molar-refractivity contribution in [1.82, 2.24) is 15.3 Å². The Morgan fingerprint density at radius 3 is 2.86 bits per heavy atom. The molecule has 2 aliphatic heterocycles. The third-order valence-corrected chi connectivity index (χ3v) is 4.03. The molecular formula is C15H22N4O2. The van der Waals surface area contributed by atoms with Crippen molar-refractivity contribution in [2.75, 3.05) is 31.1 Å². The number of ether oxygens (including phenoxy) is 1. The molecule has 0 bridgehead atoms. The molecule has 0 atom stereocenters. The van der Waals surface area contributed by atoms with E-state index in [1.165, 1.54) is 6.42 Å². The molecule has 6 heteroatoms. The molecule has 1 fully saturated rings. The lowest BCUT2D eigenvalue weighted by atomic mass is 10.1. The van der Waals surface area contributed by atoms with Crippen LogP contribution in [-0.2, 0) is 17.7 Å². The Morgan fingerprint density at radius 1 is 1.29 bits per heavy atom. The zero-order valence-electron chi connectivity index (χ0n) is 12.5. The van der Waals surface area contributed by atoms with E-state index in [2.05, 4.69) is 15.2 Å². The molecule has 0 amide bonds. The van der Waals surface area contributed by atoms with Crippen LogP contribution in [0.1, 0.15) is 47.9 Å². The van der Waals surface area contributed by atoms with Gasteiger partial charge in [-0.3, -0.25) is 0 Å². The van der Waals surface area contributed by atoms with Crippen LogP contribution in [0.25, 0.3) is 0 Å². The first-order valence-electron chi connectivity index (χ1n) is 7.82. The molecule has 1 aromatic rings. The van der Waals surface area contributed by atoms with Gasteiger partial charge in [0.15, 0.2) is 5.69 Å². The number of hydrogen-bond acceptors (Lipinski definition) is 6. The zero-order chi connectivity index (χ0) is 14.7. The molecule has 0 saturated carbocycles. The number of nitrogens with zero attached hydrogens (tertiary/aromatic N) is 3. The van der Waals surface area contributed by atoms with Gasteiger partial charge in [-0.05, 0) is 26.2 Å². The van der Waals surface area contributed by atoms with E-state index in [0.717, 1.165) is 50.2 Å². The van der Waals surface area contributed by atoms with Crippen LogP contribution >= 0.6 is 0 Å². The van der Waals surface area contributed by atoms with Gasteiger partial charge in [-0.1, -0.05) is 0 Å². The topological polar surface area (TPSA) is 67.3 Å². The van der Waals surface area contributed by atoms with E-state index >= 15 is 0 Å². The summed E-state index contributed by atoms with van der Waals surface area (Å²) in [6.45, 7) is 5.66. The lowest BCUT2D eigenvalue weighted by Crippen LogP contribution is -2.34. The van der Waals surface area contributed by atoms with Gasteiger partial charge in [0.1, 0.15) is 0 Å². The predicted molar refractivity (Wildman–Crippen MR) is 79.5 cm³/mol. The molecule has 1 N–H and O–H groups in total. The number of hydrogen-bond donors (Lipinski definition) is 1. The number of esters is 1. The fraction of sp³-hybridized carbons (Fsp3) is 0.667. The summed E-state index contributed by atoms with van der Waals surface area (Å²) in [6, 6.07) is 0. The molecule has 6 nitrogen and oxygen atoms in total. The van der Waals surface area contributed by atoms with Crippen molar-refractivity contribution < 1.29 is 9.53 Å². The van der Waals surface area contributed by atoms with E-state index in [1.54, 1.807) is 0 Å². The van der Waals surface area contributed by atoms with Crippen LogP contribution < -0.4 is 10.2 Å². The van der Waals surface area contributed by atoms with Gasteiger partial charge in [-0.15, -0.1) is 0 Å². The second kappa shape index (κ2) is 6.39. The van der Waals surface area contributed by atoms with Gasteiger partial charge in [-0.2, -0.15) is 0 Å². The van der Waals surface area contributed by atoms with Gasteiger partial charge in [-0.25, -0.2) is 14.8 Å². The average molecular weight is 290 g/mol. The van der Waals surface area contributed by atoms with Gasteiger partial charge in [0, 0.05) is 38.2 Å². The first-order valence-corrected chi connectivity index (χ1v) is 7.82.